The van der Waals surface area contributed by atoms with Gasteiger partial charge in [-0.05, 0) is 61.1 Å². The van der Waals surface area contributed by atoms with E-state index in [4.69, 9.17) is 4.98 Å². The SMILES string of the molecule is Cc1ccc2nc(CCc3ccccc3)c(Cc3ccccc3)cc2c1. The van der Waals surface area contributed by atoms with Gasteiger partial charge >= 0.3 is 0 Å². The lowest BCUT2D eigenvalue weighted by Gasteiger charge is -2.12. The van der Waals surface area contributed by atoms with E-state index in [-0.39, 0.29) is 0 Å². The maximum atomic E-state index is 5.03. The predicted molar refractivity (Wildman–Crippen MR) is 110 cm³/mol. The Morgan fingerprint density at radius 3 is 2.12 bits per heavy atom. The molecule has 4 rings (SSSR count). The molecule has 0 aliphatic heterocycles. The van der Waals surface area contributed by atoms with Crippen molar-refractivity contribution in [2.45, 2.75) is 26.2 Å². The largest absolute Gasteiger partial charge is 0.253 e. The van der Waals surface area contributed by atoms with Gasteiger partial charge in [-0.25, -0.2) is 0 Å². The van der Waals surface area contributed by atoms with Gasteiger partial charge in [0, 0.05) is 11.1 Å². The molecule has 4 aromatic rings. The lowest BCUT2D eigenvalue weighted by Crippen LogP contribution is -2.02. The van der Waals surface area contributed by atoms with Gasteiger partial charge in [-0.15, -0.1) is 0 Å². The van der Waals surface area contributed by atoms with E-state index in [9.17, 15) is 0 Å². The molecule has 0 saturated carbocycles. The first kappa shape index (κ1) is 16.5. The predicted octanol–water partition coefficient (Wildman–Crippen LogP) is 5.92. The number of hydrogen-bond acceptors (Lipinski definition) is 1. The summed E-state index contributed by atoms with van der Waals surface area (Å²) in [6.45, 7) is 2.14. The van der Waals surface area contributed by atoms with Gasteiger partial charge in [-0.3, -0.25) is 4.98 Å². The summed E-state index contributed by atoms with van der Waals surface area (Å²) in [6, 6.07) is 30.2. The summed E-state index contributed by atoms with van der Waals surface area (Å²) >= 11 is 0. The normalized spacial score (nSPS) is 11.0. The van der Waals surface area contributed by atoms with Crippen LogP contribution in [0.4, 0.5) is 0 Å². The number of rotatable bonds is 5. The molecule has 0 unspecified atom stereocenters. The molecule has 0 saturated heterocycles. The third-order valence-corrected chi connectivity index (χ3v) is 4.87. The van der Waals surface area contributed by atoms with E-state index in [2.05, 4.69) is 91.9 Å². The molecule has 128 valence electrons. The van der Waals surface area contributed by atoms with Crippen LogP contribution in [0.15, 0.2) is 84.9 Å². The molecule has 3 aromatic carbocycles. The molecule has 1 heteroatoms. The van der Waals surface area contributed by atoms with Gasteiger partial charge in [-0.1, -0.05) is 72.3 Å². The van der Waals surface area contributed by atoms with Crippen molar-refractivity contribution in [1.82, 2.24) is 4.98 Å². The Morgan fingerprint density at radius 1 is 0.692 bits per heavy atom. The highest BCUT2D eigenvalue weighted by molar-refractivity contribution is 5.80. The zero-order valence-corrected chi connectivity index (χ0v) is 15.2. The minimum absolute atomic E-state index is 0.932. The van der Waals surface area contributed by atoms with Crippen LogP contribution in [-0.4, -0.2) is 4.98 Å². The van der Waals surface area contributed by atoms with Crippen LogP contribution in [0.5, 0.6) is 0 Å². The molecule has 0 aliphatic carbocycles. The van der Waals surface area contributed by atoms with Gasteiger partial charge < -0.3 is 0 Å². The molecule has 0 spiro atoms. The fraction of sp³-hybridized carbons (Fsp3) is 0.160. The van der Waals surface area contributed by atoms with Crippen LogP contribution in [0.2, 0.25) is 0 Å². The smallest absolute Gasteiger partial charge is 0.0705 e. The summed E-state index contributed by atoms with van der Waals surface area (Å²) in [5.74, 6) is 0. The quantitative estimate of drug-likeness (QED) is 0.440. The summed E-state index contributed by atoms with van der Waals surface area (Å²) < 4.78 is 0. The molecule has 0 radical (unpaired) electrons. The molecule has 0 fully saturated rings. The van der Waals surface area contributed by atoms with Crippen molar-refractivity contribution in [2.24, 2.45) is 0 Å². The second-order valence-electron chi connectivity index (χ2n) is 6.94. The van der Waals surface area contributed by atoms with E-state index >= 15 is 0 Å². The third-order valence-electron chi connectivity index (χ3n) is 4.87. The van der Waals surface area contributed by atoms with Crippen molar-refractivity contribution in [1.29, 1.82) is 0 Å². The first-order valence-corrected chi connectivity index (χ1v) is 9.25. The second-order valence-corrected chi connectivity index (χ2v) is 6.94. The molecule has 26 heavy (non-hydrogen) atoms. The highest BCUT2D eigenvalue weighted by atomic mass is 14.7. The molecule has 0 amide bonds. The summed E-state index contributed by atoms with van der Waals surface area (Å²) in [4.78, 5) is 5.03. The number of fused-ring (bicyclic) bond motifs is 1. The molecule has 0 N–H and O–H groups in total. The highest BCUT2D eigenvalue weighted by Crippen LogP contribution is 2.22. The van der Waals surface area contributed by atoms with E-state index < -0.39 is 0 Å². The summed E-state index contributed by atoms with van der Waals surface area (Å²) in [5.41, 5.74) is 7.63. The van der Waals surface area contributed by atoms with Gasteiger partial charge in [0.05, 0.1) is 5.52 Å². The van der Waals surface area contributed by atoms with E-state index in [0.717, 1.165) is 24.8 Å². The van der Waals surface area contributed by atoms with Crippen molar-refractivity contribution in [3.8, 4) is 0 Å². The van der Waals surface area contributed by atoms with Gasteiger partial charge in [-0.2, -0.15) is 0 Å². The van der Waals surface area contributed by atoms with Crippen LogP contribution >= 0.6 is 0 Å². The maximum Gasteiger partial charge on any atom is 0.0705 e. The zero-order valence-electron chi connectivity index (χ0n) is 15.2. The monoisotopic (exact) mass is 337 g/mol. The minimum Gasteiger partial charge on any atom is -0.253 e. The number of hydrogen-bond donors (Lipinski definition) is 0. The third kappa shape index (κ3) is 3.83. The maximum absolute atomic E-state index is 5.03. The lowest BCUT2D eigenvalue weighted by atomic mass is 9.97. The van der Waals surface area contributed by atoms with Gasteiger partial charge in [0.2, 0.25) is 0 Å². The average molecular weight is 337 g/mol. The standard InChI is InChI=1S/C25H23N/c1-19-12-14-24-22(16-19)18-23(17-21-10-6-3-7-11-21)25(26-24)15-13-20-8-4-2-5-9-20/h2-12,14,16,18H,13,15,17H2,1H3. The Morgan fingerprint density at radius 2 is 1.38 bits per heavy atom. The molecule has 1 aromatic heterocycles. The molecule has 0 bridgehead atoms. The Kier molecular flexibility index (Phi) is 4.79. The molecule has 0 aliphatic rings. The molecule has 0 atom stereocenters. The van der Waals surface area contributed by atoms with Crippen molar-refractivity contribution >= 4 is 10.9 Å². The Hall–Kier alpha value is -2.93. The van der Waals surface area contributed by atoms with Crippen LogP contribution in [0.25, 0.3) is 10.9 Å². The number of aromatic nitrogens is 1. The topological polar surface area (TPSA) is 12.9 Å². The fourth-order valence-corrected chi connectivity index (χ4v) is 3.47. The highest BCUT2D eigenvalue weighted by Gasteiger charge is 2.09. The van der Waals surface area contributed by atoms with Crippen LogP contribution in [0.1, 0.15) is 27.9 Å². The molecule has 1 nitrogen and oxygen atoms in total. The van der Waals surface area contributed by atoms with E-state index in [1.807, 2.05) is 0 Å². The number of aryl methyl sites for hydroxylation is 3. The van der Waals surface area contributed by atoms with E-state index in [1.54, 1.807) is 0 Å². The Bertz CT molecular complexity index is 1000. The molecular weight excluding hydrogens is 314 g/mol. The first-order chi connectivity index (χ1) is 12.8. The van der Waals surface area contributed by atoms with Crippen molar-refractivity contribution in [3.63, 3.8) is 0 Å². The van der Waals surface area contributed by atoms with Gasteiger partial charge in [0.1, 0.15) is 0 Å². The van der Waals surface area contributed by atoms with Crippen molar-refractivity contribution in [2.75, 3.05) is 0 Å². The number of benzene rings is 3. The van der Waals surface area contributed by atoms with Crippen molar-refractivity contribution in [3.05, 3.63) is 113 Å². The van der Waals surface area contributed by atoms with Crippen molar-refractivity contribution < 1.29 is 0 Å². The van der Waals surface area contributed by atoms with Crippen LogP contribution < -0.4 is 0 Å². The first-order valence-electron chi connectivity index (χ1n) is 9.25. The number of nitrogens with zero attached hydrogens (tertiary/aromatic N) is 1. The number of pyridine rings is 1. The van der Waals surface area contributed by atoms with Crippen LogP contribution in [0.3, 0.4) is 0 Å². The van der Waals surface area contributed by atoms with Crippen LogP contribution in [0, 0.1) is 6.92 Å². The van der Waals surface area contributed by atoms with Gasteiger partial charge in [0.25, 0.3) is 0 Å². The van der Waals surface area contributed by atoms with E-state index in [0.29, 0.717) is 0 Å². The lowest BCUT2D eigenvalue weighted by molar-refractivity contribution is 0.898. The second kappa shape index (κ2) is 7.53. The summed E-state index contributed by atoms with van der Waals surface area (Å²) in [5, 5.41) is 1.24. The molecule has 1 heterocycles. The fourth-order valence-electron chi connectivity index (χ4n) is 3.47. The Labute approximate surface area is 155 Å². The summed E-state index contributed by atoms with van der Waals surface area (Å²) in [7, 11) is 0. The van der Waals surface area contributed by atoms with Gasteiger partial charge in [0.15, 0.2) is 0 Å². The van der Waals surface area contributed by atoms with Crippen LogP contribution in [-0.2, 0) is 19.3 Å². The minimum atomic E-state index is 0.932. The van der Waals surface area contributed by atoms with E-state index in [1.165, 1.54) is 33.3 Å². The molecular formula is C25H23N. The summed E-state index contributed by atoms with van der Waals surface area (Å²) in [6.07, 6.45) is 2.92. The zero-order chi connectivity index (χ0) is 17.8. The average Bonchev–Trinajstić information content (AvgIpc) is 2.68. The Balaban J connectivity index is 1.70.